The van der Waals surface area contributed by atoms with E-state index < -0.39 is 5.41 Å². The molecule has 1 aliphatic heterocycles. The first-order valence-corrected chi connectivity index (χ1v) is 9.99. The summed E-state index contributed by atoms with van der Waals surface area (Å²) in [7, 11) is 0. The van der Waals surface area contributed by atoms with Crippen LogP contribution in [0.1, 0.15) is 33.4 Å². The minimum atomic E-state index is -0.650. The van der Waals surface area contributed by atoms with Gasteiger partial charge in [-0.3, -0.25) is 0 Å². The molecule has 1 aliphatic rings. The average Bonchev–Trinajstić information content (AvgIpc) is 2.76. The van der Waals surface area contributed by atoms with E-state index in [2.05, 4.69) is 12.1 Å². The van der Waals surface area contributed by atoms with E-state index in [0.717, 1.165) is 44.9 Å². The van der Waals surface area contributed by atoms with Gasteiger partial charge < -0.3 is 14.9 Å². The fraction of sp³-hybridized carbons (Fsp3) is 0.111. The van der Waals surface area contributed by atoms with Gasteiger partial charge in [0.15, 0.2) is 0 Å². The molecule has 0 saturated heterocycles. The lowest BCUT2D eigenvalue weighted by Gasteiger charge is -2.41. The second-order valence-electron chi connectivity index (χ2n) is 7.85. The zero-order valence-electron chi connectivity index (χ0n) is 16.9. The van der Waals surface area contributed by atoms with Gasteiger partial charge >= 0.3 is 0 Å². The van der Waals surface area contributed by atoms with E-state index in [0.29, 0.717) is 0 Å². The van der Waals surface area contributed by atoms with Crippen molar-refractivity contribution in [3.05, 3.63) is 118 Å². The fourth-order valence-electron chi connectivity index (χ4n) is 4.56. The molecule has 0 aliphatic carbocycles. The summed E-state index contributed by atoms with van der Waals surface area (Å²) in [6.45, 7) is 3.82. The van der Waals surface area contributed by atoms with Crippen molar-refractivity contribution in [1.82, 2.24) is 0 Å². The highest BCUT2D eigenvalue weighted by molar-refractivity contribution is 5.70. The van der Waals surface area contributed by atoms with Gasteiger partial charge in [-0.2, -0.15) is 0 Å². The lowest BCUT2D eigenvalue weighted by molar-refractivity contribution is 0.433. The van der Waals surface area contributed by atoms with E-state index in [1.807, 2.05) is 74.5 Å². The molecule has 0 saturated carbocycles. The smallest absolute Gasteiger partial charge is 0.132 e. The van der Waals surface area contributed by atoms with Gasteiger partial charge in [-0.1, -0.05) is 60.7 Å². The monoisotopic (exact) mass is 394 g/mol. The molecule has 5 rings (SSSR count). The highest BCUT2D eigenvalue weighted by Crippen LogP contribution is 2.55. The van der Waals surface area contributed by atoms with Crippen LogP contribution in [-0.2, 0) is 5.41 Å². The van der Waals surface area contributed by atoms with Crippen molar-refractivity contribution in [2.75, 3.05) is 0 Å². The van der Waals surface area contributed by atoms with E-state index in [1.165, 1.54) is 0 Å². The second-order valence-corrected chi connectivity index (χ2v) is 7.85. The topological polar surface area (TPSA) is 49.7 Å². The lowest BCUT2D eigenvalue weighted by atomic mass is 9.63. The van der Waals surface area contributed by atoms with E-state index in [1.54, 1.807) is 12.1 Å². The predicted molar refractivity (Wildman–Crippen MR) is 118 cm³/mol. The Hall–Kier alpha value is -3.72. The van der Waals surface area contributed by atoms with Crippen molar-refractivity contribution in [2.45, 2.75) is 19.3 Å². The van der Waals surface area contributed by atoms with Crippen LogP contribution in [0, 0.1) is 13.8 Å². The molecule has 0 radical (unpaired) electrons. The molecule has 3 heteroatoms. The van der Waals surface area contributed by atoms with Gasteiger partial charge in [0.2, 0.25) is 0 Å². The summed E-state index contributed by atoms with van der Waals surface area (Å²) in [5.41, 5.74) is 5.09. The molecule has 0 unspecified atom stereocenters. The zero-order chi connectivity index (χ0) is 20.9. The minimum absolute atomic E-state index is 0.268. The molecule has 0 fully saturated rings. The third kappa shape index (κ3) is 2.52. The van der Waals surface area contributed by atoms with Gasteiger partial charge in [-0.05, 0) is 60.4 Å². The van der Waals surface area contributed by atoms with Crippen LogP contribution in [0.25, 0.3) is 0 Å². The largest absolute Gasteiger partial charge is 0.508 e. The summed E-state index contributed by atoms with van der Waals surface area (Å²) in [5, 5.41) is 20.4. The predicted octanol–water partition coefficient (Wildman–Crippen LogP) is 6.20. The Morgan fingerprint density at radius 2 is 1.03 bits per heavy atom. The molecule has 0 atom stereocenters. The number of fused-ring (bicyclic) bond motifs is 2. The average molecular weight is 394 g/mol. The molecule has 0 spiro atoms. The first kappa shape index (κ1) is 18.3. The number of aromatic hydroxyl groups is 2. The number of para-hydroxylation sites is 2. The Balaban J connectivity index is 1.97. The Kier molecular flexibility index (Phi) is 4.07. The minimum Gasteiger partial charge on any atom is -0.508 e. The summed E-state index contributed by atoms with van der Waals surface area (Å²) in [5.74, 6) is 2.13. The van der Waals surface area contributed by atoms with Gasteiger partial charge in [0, 0.05) is 11.1 Å². The van der Waals surface area contributed by atoms with Crippen molar-refractivity contribution >= 4 is 0 Å². The highest BCUT2D eigenvalue weighted by Gasteiger charge is 2.45. The lowest BCUT2D eigenvalue weighted by Crippen LogP contribution is -2.34. The molecule has 30 heavy (non-hydrogen) atoms. The van der Waals surface area contributed by atoms with Gasteiger partial charge in [0.1, 0.15) is 23.0 Å². The first-order chi connectivity index (χ1) is 14.5. The highest BCUT2D eigenvalue weighted by atomic mass is 16.5. The Bertz CT molecular complexity index is 1170. The van der Waals surface area contributed by atoms with Gasteiger partial charge in [-0.25, -0.2) is 0 Å². The summed E-state index contributed by atoms with van der Waals surface area (Å²) >= 11 is 0. The molecule has 2 N–H and O–H groups in total. The SMILES string of the molecule is Cc1cc(C2(c3ccc(O)c(C)c3)c3ccccc3Oc3ccccc32)ccc1O. The summed E-state index contributed by atoms with van der Waals surface area (Å²) < 4.78 is 6.28. The first-order valence-electron chi connectivity index (χ1n) is 9.99. The maximum absolute atomic E-state index is 10.2. The van der Waals surface area contributed by atoms with Crippen LogP contribution in [0.4, 0.5) is 0 Å². The van der Waals surface area contributed by atoms with E-state index in [4.69, 9.17) is 4.74 Å². The molecule has 0 amide bonds. The molecular weight excluding hydrogens is 372 g/mol. The Labute approximate surface area is 175 Å². The number of aryl methyl sites for hydroxylation is 2. The number of phenolic OH excluding ortho intramolecular Hbond substituents is 2. The van der Waals surface area contributed by atoms with Crippen LogP contribution in [-0.4, -0.2) is 10.2 Å². The molecule has 4 aromatic carbocycles. The van der Waals surface area contributed by atoms with Crippen molar-refractivity contribution in [1.29, 1.82) is 0 Å². The molecule has 1 heterocycles. The number of phenols is 2. The summed E-state index contributed by atoms with van der Waals surface area (Å²) in [6, 6.07) is 27.7. The normalized spacial score (nSPS) is 13.8. The van der Waals surface area contributed by atoms with Crippen LogP contribution in [0.3, 0.4) is 0 Å². The van der Waals surface area contributed by atoms with Crippen molar-refractivity contribution in [2.24, 2.45) is 0 Å². The fourth-order valence-corrected chi connectivity index (χ4v) is 4.56. The summed E-state index contributed by atoms with van der Waals surface area (Å²) in [4.78, 5) is 0. The maximum Gasteiger partial charge on any atom is 0.132 e. The Morgan fingerprint density at radius 1 is 0.600 bits per heavy atom. The molecule has 0 aromatic heterocycles. The molecule has 148 valence electrons. The van der Waals surface area contributed by atoms with E-state index in [9.17, 15) is 10.2 Å². The number of ether oxygens (including phenoxy) is 1. The number of rotatable bonds is 2. The van der Waals surface area contributed by atoms with Crippen molar-refractivity contribution in [3.8, 4) is 23.0 Å². The van der Waals surface area contributed by atoms with Crippen molar-refractivity contribution < 1.29 is 14.9 Å². The van der Waals surface area contributed by atoms with Crippen LogP contribution in [0.15, 0.2) is 84.9 Å². The quantitative estimate of drug-likeness (QED) is 0.375. The molecule has 3 nitrogen and oxygen atoms in total. The number of benzene rings is 4. The van der Waals surface area contributed by atoms with E-state index >= 15 is 0 Å². The molecule has 0 bridgehead atoms. The number of hydrogen-bond donors (Lipinski definition) is 2. The van der Waals surface area contributed by atoms with Gasteiger partial charge in [-0.15, -0.1) is 0 Å². The van der Waals surface area contributed by atoms with Crippen LogP contribution in [0.2, 0.25) is 0 Å². The van der Waals surface area contributed by atoms with Crippen LogP contribution >= 0.6 is 0 Å². The zero-order valence-corrected chi connectivity index (χ0v) is 16.9. The van der Waals surface area contributed by atoms with Crippen LogP contribution in [0.5, 0.6) is 23.0 Å². The molecular formula is C27H22O3. The molecule has 4 aromatic rings. The summed E-state index contributed by atoms with van der Waals surface area (Å²) in [6.07, 6.45) is 0. The second kappa shape index (κ2) is 6.67. The third-order valence-electron chi connectivity index (χ3n) is 6.06. The van der Waals surface area contributed by atoms with Gasteiger partial charge in [0.05, 0.1) is 5.41 Å². The van der Waals surface area contributed by atoms with Crippen molar-refractivity contribution in [3.63, 3.8) is 0 Å². The maximum atomic E-state index is 10.2. The third-order valence-corrected chi connectivity index (χ3v) is 6.06. The number of hydrogen-bond acceptors (Lipinski definition) is 3. The van der Waals surface area contributed by atoms with Crippen LogP contribution < -0.4 is 4.74 Å². The standard InChI is InChI=1S/C27H22O3/c1-17-15-19(11-13-23(17)28)27(20-12-14-24(29)18(2)16-20)21-7-3-5-9-25(21)30-26-10-6-4-8-22(26)27/h3-16,28-29H,1-2H3. The van der Waals surface area contributed by atoms with Gasteiger partial charge in [0.25, 0.3) is 0 Å². The Morgan fingerprint density at radius 3 is 1.47 bits per heavy atom. The van der Waals surface area contributed by atoms with E-state index in [-0.39, 0.29) is 11.5 Å².